The maximum atomic E-state index is 11.8. The van der Waals surface area contributed by atoms with Gasteiger partial charge in [-0.05, 0) is 31.0 Å². The molecule has 0 radical (unpaired) electrons. The van der Waals surface area contributed by atoms with Gasteiger partial charge in [0.2, 0.25) is 0 Å². The van der Waals surface area contributed by atoms with E-state index in [9.17, 15) is 4.79 Å². The number of oxime groups is 1. The van der Waals surface area contributed by atoms with Gasteiger partial charge in [-0.1, -0.05) is 23.4 Å². The standard InChI is InChI=1S/C15H13NO3/c17-15(11-5-2-1-3-6-11)19-16-13-7-4-8-14-12(13)9-10-18-14/h1-3,5-6,9-10H,4,7-8H2. The van der Waals surface area contributed by atoms with Gasteiger partial charge in [0.1, 0.15) is 5.76 Å². The molecule has 0 bridgehead atoms. The number of furan rings is 1. The first-order valence-corrected chi connectivity index (χ1v) is 6.24. The molecular weight excluding hydrogens is 242 g/mol. The second kappa shape index (κ2) is 5.10. The van der Waals surface area contributed by atoms with Crippen LogP contribution in [-0.2, 0) is 11.3 Å². The number of benzene rings is 1. The first-order chi connectivity index (χ1) is 9.34. The third-order valence-corrected chi connectivity index (χ3v) is 3.12. The minimum Gasteiger partial charge on any atom is -0.469 e. The fourth-order valence-corrected chi connectivity index (χ4v) is 2.16. The van der Waals surface area contributed by atoms with Gasteiger partial charge in [-0.25, -0.2) is 4.79 Å². The van der Waals surface area contributed by atoms with Crippen molar-refractivity contribution in [3.05, 3.63) is 59.5 Å². The molecule has 0 N–H and O–H groups in total. The highest BCUT2D eigenvalue weighted by atomic mass is 16.7. The highest BCUT2D eigenvalue weighted by Gasteiger charge is 2.19. The lowest BCUT2D eigenvalue weighted by atomic mass is 9.97. The van der Waals surface area contributed by atoms with Crippen molar-refractivity contribution in [3.63, 3.8) is 0 Å². The Balaban J connectivity index is 1.76. The Hall–Kier alpha value is -2.36. The van der Waals surface area contributed by atoms with Crippen LogP contribution in [0.2, 0.25) is 0 Å². The van der Waals surface area contributed by atoms with Crippen LogP contribution in [0.4, 0.5) is 0 Å². The number of hydrogen-bond acceptors (Lipinski definition) is 4. The van der Waals surface area contributed by atoms with E-state index in [0.717, 1.165) is 36.3 Å². The average Bonchev–Trinajstić information content (AvgIpc) is 2.94. The summed E-state index contributed by atoms with van der Waals surface area (Å²) < 4.78 is 5.36. The summed E-state index contributed by atoms with van der Waals surface area (Å²) in [6.07, 6.45) is 4.31. The summed E-state index contributed by atoms with van der Waals surface area (Å²) >= 11 is 0. The Morgan fingerprint density at radius 2 is 2.00 bits per heavy atom. The highest BCUT2D eigenvalue weighted by Crippen LogP contribution is 2.22. The lowest BCUT2D eigenvalue weighted by molar-refractivity contribution is 0.0515. The number of hydrogen-bond donors (Lipinski definition) is 0. The van der Waals surface area contributed by atoms with Crippen molar-refractivity contribution in [3.8, 4) is 0 Å². The fraction of sp³-hybridized carbons (Fsp3) is 0.200. The molecular formula is C15H13NO3. The Morgan fingerprint density at radius 1 is 1.16 bits per heavy atom. The Labute approximate surface area is 110 Å². The van der Waals surface area contributed by atoms with E-state index < -0.39 is 5.97 Å². The van der Waals surface area contributed by atoms with Crippen molar-refractivity contribution in [1.82, 2.24) is 0 Å². The summed E-state index contributed by atoms with van der Waals surface area (Å²) in [6, 6.07) is 10.7. The van der Waals surface area contributed by atoms with Gasteiger partial charge in [-0.15, -0.1) is 0 Å². The van der Waals surface area contributed by atoms with E-state index in [2.05, 4.69) is 5.16 Å². The SMILES string of the molecule is O=C(ON=C1CCCc2occc21)c1ccccc1. The van der Waals surface area contributed by atoms with Gasteiger partial charge in [-0.3, -0.25) is 0 Å². The molecule has 0 fully saturated rings. The van der Waals surface area contributed by atoms with Gasteiger partial charge in [0.25, 0.3) is 0 Å². The largest absolute Gasteiger partial charge is 0.469 e. The molecule has 19 heavy (non-hydrogen) atoms. The molecule has 0 saturated heterocycles. The molecule has 1 heterocycles. The van der Waals surface area contributed by atoms with Crippen molar-refractivity contribution >= 4 is 11.7 Å². The zero-order chi connectivity index (χ0) is 13.1. The van der Waals surface area contributed by atoms with Crippen molar-refractivity contribution in [2.24, 2.45) is 5.16 Å². The summed E-state index contributed by atoms with van der Waals surface area (Å²) in [4.78, 5) is 16.8. The van der Waals surface area contributed by atoms with E-state index in [1.54, 1.807) is 30.5 Å². The molecule has 4 nitrogen and oxygen atoms in total. The number of rotatable bonds is 2. The number of fused-ring (bicyclic) bond motifs is 1. The molecule has 1 aliphatic carbocycles. The minimum atomic E-state index is -0.441. The third kappa shape index (κ3) is 2.42. The van der Waals surface area contributed by atoms with Crippen LogP contribution in [0, 0.1) is 0 Å². The molecule has 0 saturated carbocycles. The summed E-state index contributed by atoms with van der Waals surface area (Å²) in [7, 11) is 0. The second-order valence-electron chi connectivity index (χ2n) is 4.39. The molecule has 96 valence electrons. The number of carbonyl (C=O) groups is 1. The normalized spacial score (nSPS) is 16.1. The van der Waals surface area contributed by atoms with E-state index in [-0.39, 0.29) is 0 Å². The molecule has 1 aromatic heterocycles. The average molecular weight is 255 g/mol. The molecule has 2 aromatic rings. The number of carbonyl (C=O) groups excluding carboxylic acids is 1. The van der Waals surface area contributed by atoms with Crippen LogP contribution >= 0.6 is 0 Å². The number of nitrogens with zero attached hydrogens (tertiary/aromatic N) is 1. The molecule has 1 aliphatic rings. The predicted octanol–water partition coefficient (Wildman–Crippen LogP) is 3.18. The first kappa shape index (κ1) is 11.7. The van der Waals surface area contributed by atoms with Gasteiger partial charge < -0.3 is 9.25 Å². The zero-order valence-electron chi connectivity index (χ0n) is 10.3. The monoisotopic (exact) mass is 255 g/mol. The highest BCUT2D eigenvalue weighted by molar-refractivity contribution is 6.02. The molecule has 3 rings (SSSR count). The van der Waals surface area contributed by atoms with E-state index in [0.29, 0.717) is 5.56 Å². The van der Waals surface area contributed by atoms with Crippen LogP contribution in [0.1, 0.15) is 34.5 Å². The van der Waals surface area contributed by atoms with E-state index in [1.165, 1.54) is 0 Å². The first-order valence-electron chi connectivity index (χ1n) is 6.24. The van der Waals surface area contributed by atoms with Gasteiger partial charge >= 0.3 is 5.97 Å². The van der Waals surface area contributed by atoms with Crippen LogP contribution in [0.5, 0.6) is 0 Å². The molecule has 0 unspecified atom stereocenters. The summed E-state index contributed by atoms with van der Waals surface area (Å²) in [6.45, 7) is 0. The van der Waals surface area contributed by atoms with Gasteiger partial charge in [0.15, 0.2) is 0 Å². The molecule has 4 heteroatoms. The quantitative estimate of drug-likeness (QED) is 0.611. The van der Waals surface area contributed by atoms with E-state index >= 15 is 0 Å². The Morgan fingerprint density at radius 3 is 2.84 bits per heavy atom. The van der Waals surface area contributed by atoms with Crippen molar-refractivity contribution in [2.75, 3.05) is 0 Å². The lowest BCUT2D eigenvalue weighted by Crippen LogP contribution is -2.11. The maximum Gasteiger partial charge on any atom is 0.365 e. The Kier molecular flexibility index (Phi) is 3.14. The summed E-state index contributed by atoms with van der Waals surface area (Å²) in [5.74, 6) is 0.476. The molecule has 0 amide bonds. The van der Waals surface area contributed by atoms with Crippen LogP contribution in [-0.4, -0.2) is 11.7 Å². The Bertz CT molecular complexity index is 613. The third-order valence-electron chi connectivity index (χ3n) is 3.12. The predicted molar refractivity (Wildman–Crippen MR) is 70.0 cm³/mol. The summed E-state index contributed by atoms with van der Waals surface area (Å²) in [5.41, 5.74) is 2.22. The van der Waals surface area contributed by atoms with Crippen molar-refractivity contribution in [1.29, 1.82) is 0 Å². The van der Waals surface area contributed by atoms with Gasteiger partial charge in [0.05, 0.1) is 17.5 Å². The molecule has 1 aromatic carbocycles. The van der Waals surface area contributed by atoms with Crippen LogP contribution in [0.15, 0.2) is 52.2 Å². The zero-order valence-corrected chi connectivity index (χ0v) is 10.3. The van der Waals surface area contributed by atoms with Crippen LogP contribution in [0.3, 0.4) is 0 Å². The topological polar surface area (TPSA) is 51.8 Å². The molecule has 0 atom stereocenters. The minimum absolute atomic E-state index is 0.441. The van der Waals surface area contributed by atoms with Crippen molar-refractivity contribution < 1.29 is 14.0 Å². The van der Waals surface area contributed by atoms with Crippen LogP contribution < -0.4 is 0 Å². The van der Waals surface area contributed by atoms with E-state index in [1.807, 2.05) is 12.1 Å². The summed E-state index contributed by atoms with van der Waals surface area (Å²) in [5, 5.41) is 3.98. The van der Waals surface area contributed by atoms with Gasteiger partial charge in [-0.2, -0.15) is 0 Å². The fourth-order valence-electron chi connectivity index (χ4n) is 2.16. The van der Waals surface area contributed by atoms with Gasteiger partial charge in [0, 0.05) is 12.0 Å². The maximum absolute atomic E-state index is 11.8. The smallest absolute Gasteiger partial charge is 0.365 e. The lowest BCUT2D eigenvalue weighted by Gasteiger charge is -2.11. The molecule has 0 spiro atoms. The van der Waals surface area contributed by atoms with Crippen LogP contribution in [0.25, 0.3) is 0 Å². The second-order valence-corrected chi connectivity index (χ2v) is 4.39. The van der Waals surface area contributed by atoms with E-state index in [4.69, 9.17) is 9.25 Å². The number of aryl methyl sites for hydroxylation is 1. The van der Waals surface area contributed by atoms with Crippen molar-refractivity contribution in [2.45, 2.75) is 19.3 Å². The molecule has 0 aliphatic heterocycles.